The highest BCUT2D eigenvalue weighted by Crippen LogP contribution is 2.28. The van der Waals surface area contributed by atoms with Crippen molar-refractivity contribution in [1.29, 1.82) is 0 Å². The Morgan fingerprint density at radius 1 is 1.33 bits per heavy atom. The summed E-state index contributed by atoms with van der Waals surface area (Å²) in [5.74, 6) is 0.804. The quantitative estimate of drug-likeness (QED) is 0.872. The zero-order valence-electron chi connectivity index (χ0n) is 15.9. The number of amides is 1. The van der Waals surface area contributed by atoms with Crippen LogP contribution in [0.5, 0.6) is 0 Å². The molecule has 2 N–H and O–H groups in total. The number of fused-ring (bicyclic) bond motifs is 3. The summed E-state index contributed by atoms with van der Waals surface area (Å²) < 4.78 is 2.06. The minimum atomic E-state index is -0.224. The summed E-state index contributed by atoms with van der Waals surface area (Å²) in [5, 5.41) is 3.79. The van der Waals surface area contributed by atoms with Crippen LogP contribution < -0.4 is 10.8 Å². The van der Waals surface area contributed by atoms with Gasteiger partial charge in [0.05, 0.1) is 11.7 Å². The van der Waals surface area contributed by atoms with Gasteiger partial charge in [0.15, 0.2) is 5.78 Å². The van der Waals surface area contributed by atoms with Crippen molar-refractivity contribution in [2.45, 2.75) is 46.2 Å². The maximum atomic E-state index is 12.7. The van der Waals surface area contributed by atoms with Crippen molar-refractivity contribution in [3.8, 4) is 0 Å². The van der Waals surface area contributed by atoms with E-state index in [1.165, 1.54) is 0 Å². The van der Waals surface area contributed by atoms with Gasteiger partial charge in [0.2, 0.25) is 5.88 Å². The molecule has 0 fully saturated rings. The number of carbonyl (C=O) groups excluding carboxylic acids is 2. The standard InChI is InChI=1S/C21H25N3O3/c1-12(2)16-11-19(27-23-16)22-21(26)15-7-6-14-9-18-20(25)13(3)5-4-8-24(18)17(14)10-15/h6-7,9-13,16,23H,4-5,8H2,1-3H3,(H,22,26). The molecule has 0 aliphatic carbocycles. The monoisotopic (exact) mass is 367 g/mol. The van der Waals surface area contributed by atoms with Gasteiger partial charge in [-0.2, -0.15) is 0 Å². The molecule has 2 aromatic rings. The van der Waals surface area contributed by atoms with E-state index in [-0.39, 0.29) is 23.7 Å². The fourth-order valence-electron chi connectivity index (χ4n) is 3.72. The molecule has 0 spiro atoms. The number of hydrogen-bond acceptors (Lipinski definition) is 4. The molecule has 0 radical (unpaired) electrons. The summed E-state index contributed by atoms with van der Waals surface area (Å²) in [4.78, 5) is 30.6. The third-order valence-corrected chi connectivity index (χ3v) is 5.48. The van der Waals surface area contributed by atoms with Gasteiger partial charge in [-0.25, -0.2) is 0 Å². The van der Waals surface area contributed by atoms with E-state index in [0.717, 1.165) is 36.0 Å². The van der Waals surface area contributed by atoms with E-state index < -0.39 is 0 Å². The topological polar surface area (TPSA) is 72.4 Å². The van der Waals surface area contributed by atoms with Crippen molar-refractivity contribution < 1.29 is 14.4 Å². The number of benzene rings is 1. The van der Waals surface area contributed by atoms with E-state index in [4.69, 9.17) is 4.84 Å². The zero-order chi connectivity index (χ0) is 19.1. The van der Waals surface area contributed by atoms with Crippen molar-refractivity contribution in [2.75, 3.05) is 0 Å². The second-order valence-electron chi connectivity index (χ2n) is 7.84. The van der Waals surface area contributed by atoms with Gasteiger partial charge in [0, 0.05) is 28.9 Å². The molecule has 2 unspecified atom stereocenters. The van der Waals surface area contributed by atoms with Crippen molar-refractivity contribution in [3.05, 3.63) is 47.5 Å². The molecule has 2 aliphatic heterocycles. The molecule has 2 aliphatic rings. The number of carbonyl (C=O) groups is 2. The second kappa shape index (κ2) is 6.85. The molecule has 6 nitrogen and oxygen atoms in total. The molecule has 6 heteroatoms. The Kier molecular flexibility index (Phi) is 4.52. The van der Waals surface area contributed by atoms with Crippen molar-refractivity contribution >= 4 is 22.6 Å². The molecule has 4 rings (SSSR count). The lowest BCUT2D eigenvalue weighted by Crippen LogP contribution is -2.27. The molecule has 142 valence electrons. The zero-order valence-corrected chi connectivity index (χ0v) is 15.9. The van der Waals surface area contributed by atoms with Crippen LogP contribution in [0.25, 0.3) is 10.9 Å². The van der Waals surface area contributed by atoms with Crippen LogP contribution in [-0.4, -0.2) is 22.3 Å². The van der Waals surface area contributed by atoms with Crippen LogP contribution in [0.4, 0.5) is 0 Å². The minimum Gasteiger partial charge on any atom is -0.390 e. The highest BCUT2D eigenvalue weighted by Gasteiger charge is 2.25. The third-order valence-electron chi connectivity index (χ3n) is 5.48. The van der Waals surface area contributed by atoms with E-state index in [2.05, 4.69) is 29.2 Å². The molecule has 1 amide bonds. The SMILES string of the molecule is CC1CCCn2c(cc3ccc(C(=O)NC4=CC(C(C)C)NO4)cc32)C1=O. The smallest absolute Gasteiger partial charge is 0.258 e. The van der Waals surface area contributed by atoms with Crippen LogP contribution >= 0.6 is 0 Å². The highest BCUT2D eigenvalue weighted by atomic mass is 16.7. The number of nitrogens with one attached hydrogen (secondary N) is 2. The summed E-state index contributed by atoms with van der Waals surface area (Å²) in [5.41, 5.74) is 5.12. The normalized spacial score (nSPS) is 22.4. The maximum Gasteiger partial charge on any atom is 0.258 e. The number of ketones is 1. The fourth-order valence-corrected chi connectivity index (χ4v) is 3.72. The Labute approximate surface area is 158 Å². The van der Waals surface area contributed by atoms with Crippen LogP contribution in [0.2, 0.25) is 0 Å². The number of aryl methyl sites for hydroxylation is 1. The van der Waals surface area contributed by atoms with Crippen molar-refractivity contribution in [3.63, 3.8) is 0 Å². The van der Waals surface area contributed by atoms with Crippen LogP contribution in [0.15, 0.2) is 36.2 Å². The lowest BCUT2D eigenvalue weighted by molar-refractivity contribution is 0.0773. The Morgan fingerprint density at radius 3 is 2.89 bits per heavy atom. The summed E-state index contributed by atoms with van der Waals surface area (Å²) in [6.45, 7) is 6.95. The van der Waals surface area contributed by atoms with E-state index >= 15 is 0 Å². The number of nitrogens with zero attached hydrogens (tertiary/aromatic N) is 1. The maximum absolute atomic E-state index is 12.7. The number of aromatic nitrogens is 1. The third kappa shape index (κ3) is 3.25. The highest BCUT2D eigenvalue weighted by molar-refractivity contribution is 6.03. The predicted octanol–water partition coefficient (Wildman–Crippen LogP) is 3.38. The average molecular weight is 367 g/mol. The Bertz CT molecular complexity index is 942. The van der Waals surface area contributed by atoms with Gasteiger partial charge in [0.1, 0.15) is 0 Å². The van der Waals surface area contributed by atoms with E-state index in [0.29, 0.717) is 17.4 Å². The lowest BCUT2D eigenvalue weighted by atomic mass is 10.00. The van der Waals surface area contributed by atoms with Crippen LogP contribution in [0, 0.1) is 11.8 Å². The van der Waals surface area contributed by atoms with E-state index in [9.17, 15) is 9.59 Å². The number of hydrogen-bond donors (Lipinski definition) is 2. The second-order valence-corrected chi connectivity index (χ2v) is 7.84. The average Bonchev–Trinajstić information content (AvgIpc) is 3.22. The van der Waals surface area contributed by atoms with Gasteiger partial charge in [-0.15, -0.1) is 5.48 Å². The lowest BCUT2D eigenvalue weighted by Gasteiger charge is -2.10. The fraction of sp³-hybridized carbons (Fsp3) is 0.429. The molecule has 2 atom stereocenters. The van der Waals surface area contributed by atoms with Crippen molar-refractivity contribution in [1.82, 2.24) is 15.4 Å². The first-order valence-corrected chi connectivity index (χ1v) is 9.57. The molecule has 1 aromatic carbocycles. The molecular formula is C21H25N3O3. The van der Waals surface area contributed by atoms with Gasteiger partial charge in [-0.05, 0) is 43.0 Å². The molecule has 27 heavy (non-hydrogen) atoms. The van der Waals surface area contributed by atoms with Crippen LogP contribution in [-0.2, 0) is 11.4 Å². The Balaban J connectivity index is 1.62. The van der Waals surface area contributed by atoms with Gasteiger partial charge >= 0.3 is 0 Å². The Morgan fingerprint density at radius 2 is 2.15 bits per heavy atom. The van der Waals surface area contributed by atoms with Crippen LogP contribution in [0.3, 0.4) is 0 Å². The summed E-state index contributed by atoms with van der Waals surface area (Å²) in [6.07, 6.45) is 3.74. The van der Waals surface area contributed by atoms with Crippen LogP contribution in [0.1, 0.15) is 54.5 Å². The number of rotatable bonds is 3. The minimum absolute atomic E-state index is 0.0474. The van der Waals surface area contributed by atoms with Crippen molar-refractivity contribution in [2.24, 2.45) is 11.8 Å². The van der Waals surface area contributed by atoms with Gasteiger partial charge in [-0.3, -0.25) is 14.9 Å². The van der Waals surface area contributed by atoms with Gasteiger partial charge in [-0.1, -0.05) is 26.8 Å². The molecule has 0 bridgehead atoms. The number of hydroxylamine groups is 1. The summed E-state index contributed by atoms with van der Waals surface area (Å²) >= 11 is 0. The van der Waals surface area contributed by atoms with E-state index in [1.807, 2.05) is 31.2 Å². The molecule has 3 heterocycles. The first-order chi connectivity index (χ1) is 12.9. The van der Waals surface area contributed by atoms with Gasteiger partial charge in [0.25, 0.3) is 5.91 Å². The van der Waals surface area contributed by atoms with E-state index in [1.54, 1.807) is 6.07 Å². The molecule has 0 saturated heterocycles. The molecule has 0 saturated carbocycles. The summed E-state index contributed by atoms with van der Waals surface area (Å²) in [6, 6.07) is 7.58. The Hall–Kier alpha value is -2.60. The predicted molar refractivity (Wildman–Crippen MR) is 103 cm³/mol. The first-order valence-electron chi connectivity index (χ1n) is 9.57. The summed E-state index contributed by atoms with van der Waals surface area (Å²) in [7, 11) is 0. The first kappa shape index (κ1) is 17.8. The molecular weight excluding hydrogens is 342 g/mol. The number of Topliss-reactive ketones (excluding diaryl/α,β-unsaturated/α-hetero) is 1. The molecule has 1 aromatic heterocycles. The largest absolute Gasteiger partial charge is 0.390 e. The van der Waals surface area contributed by atoms with Gasteiger partial charge < -0.3 is 9.40 Å².